The average molecular weight is 801 g/mol. The number of benzene rings is 8. The minimum atomic E-state index is -0.392. The van der Waals surface area contributed by atoms with E-state index in [1.54, 1.807) is 0 Å². The molecule has 0 fully saturated rings. The molecule has 8 aromatic carbocycles. The van der Waals surface area contributed by atoms with E-state index in [1.165, 1.54) is 65.7 Å². The van der Waals surface area contributed by atoms with Crippen LogP contribution in [0.25, 0.3) is 32.3 Å². The first-order valence-electron chi connectivity index (χ1n) is 22.1. The minimum Gasteiger partial charge on any atom is -0.454 e. The van der Waals surface area contributed by atoms with Gasteiger partial charge in [0.1, 0.15) is 11.5 Å². The van der Waals surface area contributed by atoms with Crippen LogP contribution >= 0.6 is 0 Å². The third kappa shape index (κ3) is 6.81. The van der Waals surface area contributed by atoms with Gasteiger partial charge >= 0.3 is 0 Å². The van der Waals surface area contributed by atoms with E-state index >= 15 is 0 Å². The van der Waals surface area contributed by atoms with Crippen molar-refractivity contribution < 1.29 is 4.74 Å². The fourth-order valence-electron chi connectivity index (χ4n) is 9.62. The second-order valence-electron chi connectivity index (χ2n) is 20.1. The first kappa shape index (κ1) is 39.4. The molecule has 1 aliphatic heterocycles. The van der Waals surface area contributed by atoms with E-state index in [1.807, 2.05) is 0 Å². The molecule has 1 heteroatoms. The van der Waals surface area contributed by atoms with Crippen molar-refractivity contribution in [1.82, 2.24) is 0 Å². The van der Waals surface area contributed by atoms with Crippen LogP contribution in [0, 0.1) is 36.0 Å². The SMILES string of the molecule is C#Cc1cc2ccc1CCc1ccc(c(C#Cc3cc(C(C)(C)C)cc4c3Oc3c(C#Cc5ccc6ccc7cccc8ccc5c6c78)cc(C(C)(C)C)cc3C4(C)C)c1)CC2. The first-order chi connectivity index (χ1) is 29.7. The van der Waals surface area contributed by atoms with Gasteiger partial charge in [-0.1, -0.05) is 170 Å². The number of aryl methyl sites for hydroxylation is 4. The van der Waals surface area contributed by atoms with Crippen molar-refractivity contribution in [3.8, 4) is 47.5 Å². The molecule has 0 N–H and O–H groups in total. The maximum absolute atomic E-state index is 7.26. The van der Waals surface area contributed by atoms with Crippen LogP contribution in [0.1, 0.15) is 128 Å². The van der Waals surface area contributed by atoms with Crippen molar-refractivity contribution in [2.45, 2.75) is 97.3 Å². The van der Waals surface area contributed by atoms with Crippen molar-refractivity contribution in [2.75, 3.05) is 0 Å². The van der Waals surface area contributed by atoms with Crippen molar-refractivity contribution >= 4 is 32.3 Å². The van der Waals surface area contributed by atoms with Crippen molar-refractivity contribution in [3.05, 3.63) is 188 Å². The van der Waals surface area contributed by atoms with Gasteiger partial charge in [0.2, 0.25) is 0 Å². The monoisotopic (exact) mass is 800 g/mol. The van der Waals surface area contributed by atoms with Crippen LogP contribution in [0.15, 0.2) is 115 Å². The molecule has 0 amide bonds. The molecule has 1 nitrogen and oxygen atoms in total. The van der Waals surface area contributed by atoms with Crippen LogP contribution in [0.4, 0.5) is 0 Å². The fourth-order valence-corrected chi connectivity index (χ4v) is 9.62. The Morgan fingerprint density at radius 1 is 0.484 bits per heavy atom. The zero-order valence-electron chi connectivity index (χ0n) is 37.3. The van der Waals surface area contributed by atoms with Crippen LogP contribution in [0.3, 0.4) is 0 Å². The second-order valence-corrected chi connectivity index (χ2v) is 20.1. The standard InChI is InChI=1S/C61H52O/c1-10-40-32-38-14-18-41(40)19-15-39-17-21-42(20-16-38)47(33-39)27-29-49-35-51(60(5,6)7)37-54-58(49)62-57-48(34-50(59(2,3)4)36-53(57)61(54,8)9)28-23-43-22-24-46-26-25-44-12-11-13-45-30-31-52(43)56(46)55(44)45/h1,11-14,17-18,21-22,24-26,30-37H,15-16,19-20H2,2-9H3. The number of hydrogen-bond donors (Lipinski definition) is 0. The Hall–Kier alpha value is -6.72. The molecule has 1 heterocycles. The van der Waals surface area contributed by atoms with Gasteiger partial charge in [0.25, 0.3) is 0 Å². The highest BCUT2D eigenvalue weighted by Crippen LogP contribution is 2.52. The molecule has 13 rings (SSSR count). The van der Waals surface area contributed by atoms with Crippen LogP contribution < -0.4 is 4.74 Å². The van der Waals surface area contributed by atoms with Gasteiger partial charge in [0.15, 0.2) is 0 Å². The second kappa shape index (κ2) is 14.4. The number of terminal acetylenes is 1. The van der Waals surface area contributed by atoms with E-state index in [2.05, 4.69) is 200 Å². The van der Waals surface area contributed by atoms with Crippen molar-refractivity contribution in [3.63, 3.8) is 0 Å². The van der Waals surface area contributed by atoms with Crippen LogP contribution in [-0.4, -0.2) is 0 Å². The van der Waals surface area contributed by atoms with E-state index in [9.17, 15) is 0 Å². The third-order valence-corrected chi connectivity index (χ3v) is 13.5. The van der Waals surface area contributed by atoms with Gasteiger partial charge in [0.05, 0.1) is 11.1 Å². The summed E-state index contributed by atoms with van der Waals surface area (Å²) in [5.74, 6) is 19.4. The summed E-state index contributed by atoms with van der Waals surface area (Å²) < 4.78 is 7.26. The van der Waals surface area contributed by atoms with E-state index in [0.29, 0.717) is 0 Å². The van der Waals surface area contributed by atoms with E-state index in [-0.39, 0.29) is 10.8 Å². The Bertz CT molecular complexity index is 3310. The lowest BCUT2D eigenvalue weighted by Gasteiger charge is -2.38. The number of ether oxygens (including phenoxy) is 1. The highest BCUT2D eigenvalue weighted by molar-refractivity contribution is 6.23. The maximum Gasteiger partial charge on any atom is 0.147 e. The number of hydrogen-bond acceptors (Lipinski definition) is 1. The molecule has 0 radical (unpaired) electrons. The Balaban J connectivity index is 1.12. The largest absolute Gasteiger partial charge is 0.454 e. The Labute approximate surface area is 367 Å². The molecule has 0 saturated heterocycles. The normalized spacial score (nSPS) is 14.2. The summed E-state index contributed by atoms with van der Waals surface area (Å²) in [5.41, 5.74) is 14.1. The van der Waals surface area contributed by atoms with Gasteiger partial charge in [-0.15, -0.1) is 6.42 Å². The zero-order valence-corrected chi connectivity index (χ0v) is 37.3. The van der Waals surface area contributed by atoms with Crippen molar-refractivity contribution in [2.24, 2.45) is 0 Å². The maximum atomic E-state index is 7.26. The summed E-state index contributed by atoms with van der Waals surface area (Å²) in [5, 5.41) is 7.49. The lowest BCUT2D eigenvalue weighted by molar-refractivity contribution is 0.412. The summed E-state index contributed by atoms with van der Waals surface area (Å²) in [6, 6.07) is 42.6. The molecule has 4 bridgehead atoms. The average Bonchev–Trinajstić information content (AvgIpc) is 3.24. The molecule has 0 unspecified atom stereocenters. The molecule has 8 aromatic rings. The summed E-state index contributed by atoms with van der Waals surface area (Å²) in [6.07, 6.45) is 9.53. The lowest BCUT2D eigenvalue weighted by atomic mass is 9.70. The van der Waals surface area contributed by atoms with E-state index < -0.39 is 5.41 Å². The predicted octanol–water partition coefficient (Wildman–Crippen LogP) is 14.3. The van der Waals surface area contributed by atoms with Gasteiger partial charge in [-0.3, -0.25) is 0 Å². The van der Waals surface area contributed by atoms with Crippen LogP contribution in [-0.2, 0) is 41.9 Å². The summed E-state index contributed by atoms with van der Waals surface area (Å²) >= 11 is 0. The molecular formula is C61H52O. The molecule has 0 aromatic heterocycles. The molecule has 0 saturated carbocycles. The van der Waals surface area contributed by atoms with Gasteiger partial charge in [-0.25, -0.2) is 0 Å². The summed E-state index contributed by atoms with van der Waals surface area (Å²) in [7, 11) is 0. The predicted molar refractivity (Wildman–Crippen MR) is 260 cm³/mol. The molecule has 5 aliphatic rings. The van der Waals surface area contributed by atoms with E-state index in [4.69, 9.17) is 11.2 Å². The lowest BCUT2D eigenvalue weighted by Crippen LogP contribution is -2.28. The number of fused-ring (bicyclic) bond motifs is 2. The number of rotatable bonds is 0. The highest BCUT2D eigenvalue weighted by Gasteiger charge is 2.39. The smallest absolute Gasteiger partial charge is 0.147 e. The molecular weight excluding hydrogens is 749 g/mol. The Kier molecular flexibility index (Phi) is 9.18. The van der Waals surface area contributed by atoms with Crippen LogP contribution in [0.5, 0.6) is 11.5 Å². The molecule has 0 spiro atoms. The zero-order chi connectivity index (χ0) is 43.1. The summed E-state index contributed by atoms with van der Waals surface area (Å²) in [4.78, 5) is 0. The minimum absolute atomic E-state index is 0.0995. The Morgan fingerprint density at radius 2 is 0.968 bits per heavy atom. The molecule has 0 atom stereocenters. The van der Waals surface area contributed by atoms with Gasteiger partial charge in [-0.2, -0.15) is 0 Å². The van der Waals surface area contributed by atoms with Gasteiger partial charge < -0.3 is 4.74 Å². The topological polar surface area (TPSA) is 9.23 Å². The first-order valence-corrected chi connectivity index (χ1v) is 22.1. The fraction of sp³-hybridized carbons (Fsp3) is 0.246. The molecule has 62 heavy (non-hydrogen) atoms. The third-order valence-electron chi connectivity index (χ3n) is 13.5. The highest BCUT2D eigenvalue weighted by atomic mass is 16.5. The summed E-state index contributed by atoms with van der Waals surface area (Å²) in [6.45, 7) is 18.4. The van der Waals surface area contributed by atoms with Crippen LogP contribution in [0.2, 0.25) is 0 Å². The van der Waals surface area contributed by atoms with Crippen molar-refractivity contribution in [1.29, 1.82) is 0 Å². The quantitative estimate of drug-likeness (QED) is 0.110. The van der Waals surface area contributed by atoms with Gasteiger partial charge in [0, 0.05) is 33.2 Å². The molecule has 302 valence electrons. The molecule has 4 aliphatic carbocycles. The Morgan fingerprint density at radius 3 is 1.53 bits per heavy atom. The van der Waals surface area contributed by atoms with E-state index in [0.717, 1.165) is 76.1 Å². The van der Waals surface area contributed by atoms with Gasteiger partial charge in [-0.05, 0) is 133 Å².